The minimum absolute atomic E-state index is 0.105. The van der Waals surface area contributed by atoms with Crippen molar-refractivity contribution in [3.05, 3.63) is 70.9 Å². The molecule has 1 unspecified atom stereocenters. The molecule has 2 aromatic rings. The van der Waals surface area contributed by atoms with Crippen LogP contribution in [-0.2, 0) is 0 Å². The molecule has 0 saturated carbocycles. The van der Waals surface area contributed by atoms with Gasteiger partial charge in [-0.15, -0.1) is 11.3 Å². The molecule has 2 N–H and O–H groups in total. The Labute approximate surface area is 152 Å². The molecule has 2 aliphatic heterocycles. The molecule has 25 heavy (non-hydrogen) atoms. The number of nitrogens with one attached hydrogen (secondary N) is 2. The Bertz CT molecular complexity index is 844. The van der Waals surface area contributed by atoms with E-state index in [0.29, 0.717) is 0 Å². The van der Waals surface area contributed by atoms with Crippen molar-refractivity contribution in [1.82, 2.24) is 15.6 Å². The fourth-order valence-electron chi connectivity index (χ4n) is 3.22. The van der Waals surface area contributed by atoms with Gasteiger partial charge in [0, 0.05) is 41.5 Å². The number of thiazole rings is 1. The summed E-state index contributed by atoms with van der Waals surface area (Å²) >= 11 is 1.71. The molecule has 0 aliphatic carbocycles. The number of anilines is 1. The number of benzene rings is 1. The number of fused-ring (bicyclic) bond motifs is 1. The molecule has 1 aromatic carbocycles. The van der Waals surface area contributed by atoms with Gasteiger partial charge in [0.2, 0.25) is 0 Å². The van der Waals surface area contributed by atoms with Gasteiger partial charge >= 0.3 is 0 Å². The maximum Gasteiger partial charge on any atom is 0.185 e. The van der Waals surface area contributed by atoms with E-state index in [1.54, 1.807) is 11.3 Å². The predicted molar refractivity (Wildman–Crippen MR) is 106 cm³/mol. The van der Waals surface area contributed by atoms with Crippen LogP contribution >= 0.6 is 11.3 Å². The standard InChI is InChI=1S/C20H22N4S/c1-3-24(4-2)20-23-18(13-25-20)16-12-21-19-15(16)10-11-17(22-19)14-8-6-5-7-9-14/h5-13,19,21-22H,3-4H2,1-2H3. The number of hydrogen-bond donors (Lipinski definition) is 2. The summed E-state index contributed by atoms with van der Waals surface area (Å²) in [5.41, 5.74) is 5.81. The monoisotopic (exact) mass is 350 g/mol. The molecule has 4 rings (SSSR count). The molecule has 5 heteroatoms. The minimum Gasteiger partial charge on any atom is -0.367 e. The molecule has 4 nitrogen and oxygen atoms in total. The first-order valence-corrected chi connectivity index (χ1v) is 9.59. The van der Waals surface area contributed by atoms with Gasteiger partial charge in [0.15, 0.2) is 5.13 Å². The third kappa shape index (κ3) is 2.96. The maximum absolute atomic E-state index is 4.85. The van der Waals surface area contributed by atoms with Crippen LogP contribution < -0.4 is 15.5 Å². The highest BCUT2D eigenvalue weighted by atomic mass is 32.1. The number of allylic oxidation sites excluding steroid dienone is 2. The second-order valence-electron chi connectivity index (χ2n) is 6.06. The number of hydrogen-bond acceptors (Lipinski definition) is 5. The Morgan fingerprint density at radius 2 is 1.92 bits per heavy atom. The number of nitrogens with zero attached hydrogens (tertiary/aromatic N) is 2. The van der Waals surface area contributed by atoms with E-state index in [-0.39, 0.29) is 6.17 Å². The normalized spacial score (nSPS) is 18.5. The summed E-state index contributed by atoms with van der Waals surface area (Å²) in [6.45, 7) is 6.30. The summed E-state index contributed by atoms with van der Waals surface area (Å²) < 4.78 is 0. The average molecular weight is 350 g/mol. The summed E-state index contributed by atoms with van der Waals surface area (Å²) in [6.07, 6.45) is 6.53. The molecule has 0 fully saturated rings. The van der Waals surface area contributed by atoms with Crippen molar-refractivity contribution in [3.8, 4) is 0 Å². The van der Waals surface area contributed by atoms with E-state index < -0.39 is 0 Å². The van der Waals surface area contributed by atoms with E-state index in [0.717, 1.165) is 29.6 Å². The Hall–Kier alpha value is -2.53. The fourth-order valence-corrected chi connectivity index (χ4v) is 4.18. The highest BCUT2D eigenvalue weighted by molar-refractivity contribution is 7.13. The van der Waals surface area contributed by atoms with Crippen molar-refractivity contribution in [2.24, 2.45) is 0 Å². The topological polar surface area (TPSA) is 40.2 Å². The van der Waals surface area contributed by atoms with Crippen LogP contribution in [0, 0.1) is 0 Å². The van der Waals surface area contributed by atoms with E-state index in [1.807, 2.05) is 6.07 Å². The summed E-state index contributed by atoms with van der Waals surface area (Å²) in [5, 5.41) is 10.3. The van der Waals surface area contributed by atoms with Crippen LogP contribution in [-0.4, -0.2) is 24.2 Å². The average Bonchev–Trinajstić information content (AvgIpc) is 3.30. The Balaban J connectivity index is 1.60. The van der Waals surface area contributed by atoms with Gasteiger partial charge in [-0.2, -0.15) is 0 Å². The van der Waals surface area contributed by atoms with Gasteiger partial charge < -0.3 is 15.5 Å². The molecule has 3 heterocycles. The molecular formula is C20H22N4S. The van der Waals surface area contributed by atoms with E-state index in [2.05, 4.69) is 77.4 Å². The van der Waals surface area contributed by atoms with Crippen LogP contribution in [0.5, 0.6) is 0 Å². The van der Waals surface area contributed by atoms with Crippen LogP contribution in [0.15, 0.2) is 59.6 Å². The van der Waals surface area contributed by atoms with Gasteiger partial charge in [-0.3, -0.25) is 0 Å². The van der Waals surface area contributed by atoms with Crippen LogP contribution in [0.3, 0.4) is 0 Å². The molecule has 1 atom stereocenters. The smallest absolute Gasteiger partial charge is 0.185 e. The molecule has 0 bridgehead atoms. The maximum atomic E-state index is 4.85. The van der Waals surface area contributed by atoms with E-state index in [1.165, 1.54) is 16.7 Å². The largest absolute Gasteiger partial charge is 0.367 e. The Kier molecular flexibility index (Phi) is 4.32. The van der Waals surface area contributed by atoms with Crippen LogP contribution in [0.25, 0.3) is 11.3 Å². The first-order chi connectivity index (χ1) is 12.3. The van der Waals surface area contributed by atoms with E-state index in [4.69, 9.17) is 4.98 Å². The van der Waals surface area contributed by atoms with Crippen molar-refractivity contribution in [2.45, 2.75) is 20.0 Å². The second-order valence-corrected chi connectivity index (χ2v) is 6.89. The van der Waals surface area contributed by atoms with Gasteiger partial charge in [-0.1, -0.05) is 36.4 Å². The van der Waals surface area contributed by atoms with Crippen molar-refractivity contribution in [3.63, 3.8) is 0 Å². The first kappa shape index (κ1) is 16.0. The molecule has 1 aromatic heterocycles. The Morgan fingerprint density at radius 1 is 1.12 bits per heavy atom. The van der Waals surface area contributed by atoms with Crippen molar-refractivity contribution in [1.29, 1.82) is 0 Å². The summed E-state index contributed by atoms with van der Waals surface area (Å²) in [6, 6.07) is 10.4. The quantitative estimate of drug-likeness (QED) is 0.860. The third-order valence-corrected chi connectivity index (χ3v) is 5.53. The van der Waals surface area contributed by atoms with Crippen LogP contribution in [0.2, 0.25) is 0 Å². The number of aromatic nitrogens is 1. The lowest BCUT2D eigenvalue weighted by molar-refractivity contribution is 0.647. The highest BCUT2D eigenvalue weighted by Gasteiger charge is 2.28. The zero-order valence-electron chi connectivity index (χ0n) is 14.5. The zero-order chi connectivity index (χ0) is 17.2. The minimum atomic E-state index is 0.105. The Morgan fingerprint density at radius 3 is 2.68 bits per heavy atom. The summed E-state index contributed by atoms with van der Waals surface area (Å²) in [7, 11) is 0. The van der Waals surface area contributed by atoms with Gasteiger partial charge in [-0.25, -0.2) is 4.98 Å². The van der Waals surface area contributed by atoms with Gasteiger partial charge in [0.05, 0.1) is 5.69 Å². The van der Waals surface area contributed by atoms with Crippen molar-refractivity contribution in [2.75, 3.05) is 18.0 Å². The summed E-state index contributed by atoms with van der Waals surface area (Å²) in [4.78, 5) is 7.14. The molecule has 128 valence electrons. The number of dihydropyridines is 1. The molecular weight excluding hydrogens is 328 g/mol. The molecule has 0 spiro atoms. The second kappa shape index (κ2) is 6.76. The number of rotatable bonds is 5. The molecule has 0 saturated heterocycles. The van der Waals surface area contributed by atoms with Crippen molar-refractivity contribution >= 4 is 27.7 Å². The lowest BCUT2D eigenvalue weighted by atomic mass is 10.00. The zero-order valence-corrected chi connectivity index (χ0v) is 15.3. The molecule has 2 aliphatic rings. The van der Waals surface area contributed by atoms with Gasteiger partial charge in [-0.05, 0) is 25.5 Å². The molecule has 0 radical (unpaired) electrons. The summed E-state index contributed by atoms with van der Waals surface area (Å²) in [5.74, 6) is 0. The van der Waals surface area contributed by atoms with Crippen LogP contribution in [0.1, 0.15) is 25.1 Å². The SMILES string of the molecule is CCN(CC)c1nc(C2=CNC3NC(c4ccccc4)=CC=C23)cs1. The van der Waals surface area contributed by atoms with Gasteiger partial charge in [0.1, 0.15) is 6.17 Å². The fraction of sp³-hybridized carbons (Fsp3) is 0.250. The third-order valence-electron chi connectivity index (χ3n) is 4.63. The van der Waals surface area contributed by atoms with E-state index >= 15 is 0 Å². The lowest BCUT2D eigenvalue weighted by Crippen LogP contribution is -2.38. The van der Waals surface area contributed by atoms with Gasteiger partial charge in [0.25, 0.3) is 0 Å². The molecule has 0 amide bonds. The highest BCUT2D eigenvalue weighted by Crippen LogP contribution is 2.34. The van der Waals surface area contributed by atoms with Crippen molar-refractivity contribution < 1.29 is 0 Å². The lowest BCUT2D eigenvalue weighted by Gasteiger charge is -2.24. The predicted octanol–water partition coefficient (Wildman–Crippen LogP) is 3.83. The van der Waals surface area contributed by atoms with E-state index in [9.17, 15) is 0 Å². The first-order valence-electron chi connectivity index (χ1n) is 8.71. The van der Waals surface area contributed by atoms with Crippen LogP contribution in [0.4, 0.5) is 5.13 Å².